The van der Waals surface area contributed by atoms with Crippen LogP contribution in [0.15, 0.2) is 33.2 Å². The molecule has 0 bridgehead atoms. The molecule has 0 aliphatic heterocycles. The number of rotatable bonds is 2. The third kappa shape index (κ3) is 2.63. The van der Waals surface area contributed by atoms with Crippen LogP contribution >= 0.6 is 38.5 Å². The number of aryl methyl sites for hydroxylation is 2. The number of carbonyl (C=O) groups is 1. The van der Waals surface area contributed by atoms with Crippen LogP contribution in [0.4, 0.5) is 0 Å². The summed E-state index contributed by atoms with van der Waals surface area (Å²) in [5.41, 5.74) is 1.30. The summed E-state index contributed by atoms with van der Waals surface area (Å²) in [6.07, 6.45) is 0. The molecule has 0 saturated carbocycles. The van der Waals surface area contributed by atoms with Crippen LogP contribution in [-0.2, 0) is 0 Å². The summed E-state index contributed by atoms with van der Waals surface area (Å²) in [4.78, 5) is 12.4. The van der Waals surface area contributed by atoms with E-state index in [1.54, 1.807) is 6.07 Å². The number of halogens is 2. The SMILES string of the molecule is Cc1cc(C(=O)c2cc(I)ccc2Br)c(C)o1. The molecule has 0 radical (unpaired) electrons. The highest BCUT2D eigenvalue weighted by Crippen LogP contribution is 2.25. The summed E-state index contributed by atoms with van der Waals surface area (Å²) >= 11 is 5.60. The van der Waals surface area contributed by atoms with Gasteiger partial charge in [-0.2, -0.15) is 0 Å². The van der Waals surface area contributed by atoms with E-state index in [9.17, 15) is 4.79 Å². The Hall–Kier alpha value is -0.620. The Labute approximate surface area is 122 Å². The van der Waals surface area contributed by atoms with Crippen molar-refractivity contribution >= 4 is 44.3 Å². The maximum absolute atomic E-state index is 12.4. The van der Waals surface area contributed by atoms with Crippen LogP contribution in [0, 0.1) is 17.4 Å². The molecule has 88 valence electrons. The molecule has 0 saturated heterocycles. The second-order valence-corrected chi connectivity index (χ2v) is 5.88. The fourth-order valence-corrected chi connectivity index (χ4v) is 2.59. The summed E-state index contributed by atoms with van der Waals surface area (Å²) in [5.74, 6) is 1.41. The predicted molar refractivity (Wildman–Crippen MR) is 78.5 cm³/mol. The number of ketones is 1. The Balaban J connectivity index is 2.50. The molecule has 4 heteroatoms. The molecule has 1 aromatic heterocycles. The minimum absolute atomic E-state index is 0.00950. The molecule has 1 aromatic carbocycles. The fraction of sp³-hybridized carbons (Fsp3) is 0.154. The molecule has 0 N–H and O–H groups in total. The lowest BCUT2D eigenvalue weighted by atomic mass is 10.0. The molecule has 0 amide bonds. The fourth-order valence-electron chi connectivity index (χ4n) is 1.67. The van der Waals surface area contributed by atoms with Crippen LogP contribution in [0.5, 0.6) is 0 Å². The Morgan fingerprint density at radius 2 is 1.94 bits per heavy atom. The first-order valence-electron chi connectivity index (χ1n) is 5.06. The first-order chi connectivity index (χ1) is 7.99. The zero-order valence-corrected chi connectivity index (χ0v) is 13.1. The van der Waals surface area contributed by atoms with Crippen molar-refractivity contribution in [2.75, 3.05) is 0 Å². The van der Waals surface area contributed by atoms with E-state index in [2.05, 4.69) is 38.5 Å². The summed E-state index contributed by atoms with van der Waals surface area (Å²) in [6.45, 7) is 3.65. The van der Waals surface area contributed by atoms with Crippen LogP contribution in [0.25, 0.3) is 0 Å². The van der Waals surface area contributed by atoms with Gasteiger partial charge in [0.05, 0.1) is 5.56 Å². The number of benzene rings is 1. The summed E-state index contributed by atoms with van der Waals surface area (Å²) in [5, 5.41) is 0. The van der Waals surface area contributed by atoms with Gasteiger partial charge >= 0.3 is 0 Å². The largest absolute Gasteiger partial charge is 0.466 e. The average molecular weight is 405 g/mol. The molecule has 2 rings (SSSR count). The average Bonchev–Trinajstić information content (AvgIpc) is 2.60. The van der Waals surface area contributed by atoms with Gasteiger partial charge in [0.1, 0.15) is 11.5 Å². The second kappa shape index (κ2) is 4.94. The lowest BCUT2D eigenvalue weighted by Crippen LogP contribution is -2.03. The Morgan fingerprint density at radius 3 is 2.53 bits per heavy atom. The Bertz CT molecular complexity index is 587. The van der Waals surface area contributed by atoms with Gasteiger partial charge in [-0.15, -0.1) is 0 Å². The standard InChI is InChI=1S/C13H10BrIO2/c1-7-5-10(8(2)17-7)13(16)11-6-9(15)3-4-12(11)14/h3-6H,1-2H3. The van der Waals surface area contributed by atoms with Crippen LogP contribution in [0.1, 0.15) is 27.4 Å². The maximum Gasteiger partial charge on any atom is 0.197 e. The van der Waals surface area contributed by atoms with Crippen molar-refractivity contribution in [3.8, 4) is 0 Å². The van der Waals surface area contributed by atoms with Gasteiger partial charge in [-0.1, -0.05) is 15.9 Å². The first-order valence-corrected chi connectivity index (χ1v) is 6.93. The topological polar surface area (TPSA) is 30.2 Å². The zero-order valence-electron chi connectivity index (χ0n) is 9.38. The third-order valence-electron chi connectivity index (χ3n) is 2.46. The first kappa shape index (κ1) is 12.8. The Morgan fingerprint density at radius 1 is 1.24 bits per heavy atom. The highest BCUT2D eigenvalue weighted by atomic mass is 127. The quantitative estimate of drug-likeness (QED) is 0.545. The van der Waals surface area contributed by atoms with Gasteiger partial charge in [-0.25, -0.2) is 0 Å². The van der Waals surface area contributed by atoms with Gasteiger partial charge in [-0.05, 0) is 60.7 Å². The van der Waals surface area contributed by atoms with E-state index in [0.29, 0.717) is 16.9 Å². The van der Waals surface area contributed by atoms with E-state index in [1.165, 1.54) is 0 Å². The van der Waals surface area contributed by atoms with Gasteiger partial charge in [0, 0.05) is 13.6 Å². The predicted octanol–water partition coefficient (Wildman–Crippen LogP) is 4.49. The maximum atomic E-state index is 12.4. The summed E-state index contributed by atoms with van der Waals surface area (Å²) in [7, 11) is 0. The van der Waals surface area contributed by atoms with Gasteiger partial charge in [-0.3, -0.25) is 4.79 Å². The lowest BCUT2D eigenvalue weighted by Gasteiger charge is -2.03. The number of carbonyl (C=O) groups excluding carboxylic acids is 1. The smallest absolute Gasteiger partial charge is 0.197 e. The van der Waals surface area contributed by atoms with Crippen molar-refractivity contribution < 1.29 is 9.21 Å². The van der Waals surface area contributed by atoms with Crippen molar-refractivity contribution in [1.82, 2.24) is 0 Å². The van der Waals surface area contributed by atoms with Gasteiger partial charge < -0.3 is 4.42 Å². The van der Waals surface area contributed by atoms with E-state index in [-0.39, 0.29) is 5.78 Å². The van der Waals surface area contributed by atoms with Crippen LogP contribution < -0.4 is 0 Å². The van der Waals surface area contributed by atoms with E-state index >= 15 is 0 Å². The molecular formula is C13H10BrIO2. The van der Waals surface area contributed by atoms with Crippen LogP contribution in [0.2, 0.25) is 0 Å². The minimum Gasteiger partial charge on any atom is -0.466 e. The highest BCUT2D eigenvalue weighted by Gasteiger charge is 2.18. The van der Waals surface area contributed by atoms with E-state index in [4.69, 9.17) is 4.42 Å². The molecule has 2 aromatic rings. The Kier molecular flexibility index (Phi) is 3.73. The van der Waals surface area contributed by atoms with E-state index in [1.807, 2.05) is 32.0 Å². The molecule has 0 aliphatic carbocycles. The minimum atomic E-state index is -0.00950. The van der Waals surface area contributed by atoms with Crippen LogP contribution in [0.3, 0.4) is 0 Å². The summed E-state index contributed by atoms with van der Waals surface area (Å²) < 4.78 is 7.23. The van der Waals surface area contributed by atoms with Gasteiger partial charge in [0.25, 0.3) is 0 Å². The highest BCUT2D eigenvalue weighted by molar-refractivity contribution is 14.1. The monoisotopic (exact) mass is 404 g/mol. The molecular weight excluding hydrogens is 395 g/mol. The molecule has 17 heavy (non-hydrogen) atoms. The van der Waals surface area contributed by atoms with Crippen molar-refractivity contribution in [1.29, 1.82) is 0 Å². The van der Waals surface area contributed by atoms with Gasteiger partial charge in [0.2, 0.25) is 0 Å². The molecule has 0 unspecified atom stereocenters. The van der Waals surface area contributed by atoms with Crippen LogP contribution in [-0.4, -0.2) is 5.78 Å². The van der Waals surface area contributed by atoms with Crippen molar-refractivity contribution in [3.05, 3.63) is 55.0 Å². The molecule has 0 atom stereocenters. The van der Waals surface area contributed by atoms with Crippen molar-refractivity contribution in [3.63, 3.8) is 0 Å². The number of hydrogen-bond donors (Lipinski definition) is 0. The molecule has 0 aliphatic rings. The normalized spacial score (nSPS) is 10.6. The van der Waals surface area contributed by atoms with Crippen molar-refractivity contribution in [2.45, 2.75) is 13.8 Å². The third-order valence-corrected chi connectivity index (χ3v) is 3.82. The van der Waals surface area contributed by atoms with Crippen molar-refractivity contribution in [2.24, 2.45) is 0 Å². The van der Waals surface area contributed by atoms with Gasteiger partial charge in [0.15, 0.2) is 5.78 Å². The molecule has 0 fully saturated rings. The molecule has 2 nitrogen and oxygen atoms in total. The number of hydrogen-bond acceptors (Lipinski definition) is 2. The zero-order chi connectivity index (χ0) is 12.6. The van der Waals surface area contributed by atoms with E-state index in [0.717, 1.165) is 13.8 Å². The molecule has 0 spiro atoms. The second-order valence-electron chi connectivity index (χ2n) is 3.78. The molecule has 1 heterocycles. The lowest BCUT2D eigenvalue weighted by molar-refractivity contribution is 0.103. The van der Waals surface area contributed by atoms with E-state index < -0.39 is 0 Å². The summed E-state index contributed by atoms with van der Waals surface area (Å²) in [6, 6.07) is 7.49. The number of furan rings is 1.